The number of hydrogen-bond donors (Lipinski definition) is 1. The molecule has 1 saturated carbocycles. The Hall–Kier alpha value is -2.28. The van der Waals surface area contributed by atoms with Crippen LogP contribution in [-0.4, -0.2) is 27.3 Å². The van der Waals surface area contributed by atoms with Gasteiger partial charge in [0.2, 0.25) is 0 Å². The van der Waals surface area contributed by atoms with Crippen LogP contribution in [0, 0.1) is 5.92 Å². The van der Waals surface area contributed by atoms with Crippen LogP contribution in [0.2, 0.25) is 0 Å². The molecule has 0 aromatic carbocycles. The van der Waals surface area contributed by atoms with Crippen LogP contribution in [0.5, 0.6) is 0 Å². The SMILES string of the molecule is C[C@H]1CCCC(F)(F)C1NC(=O)c1cc(-c2cnc3ccccn23)cs1. The lowest BCUT2D eigenvalue weighted by Crippen LogP contribution is -2.53. The number of halogens is 2. The predicted molar refractivity (Wildman–Crippen MR) is 97.7 cm³/mol. The largest absolute Gasteiger partial charge is 0.342 e. The van der Waals surface area contributed by atoms with Gasteiger partial charge in [-0.1, -0.05) is 13.0 Å². The summed E-state index contributed by atoms with van der Waals surface area (Å²) in [6.07, 6.45) is 4.69. The van der Waals surface area contributed by atoms with E-state index in [-0.39, 0.29) is 12.3 Å². The zero-order valence-corrected chi connectivity index (χ0v) is 15.1. The Kier molecular flexibility index (Phi) is 4.26. The lowest BCUT2D eigenvalue weighted by Gasteiger charge is -2.36. The maximum Gasteiger partial charge on any atom is 0.268 e. The fraction of sp³-hybridized carbons (Fsp3) is 0.368. The molecule has 1 aliphatic carbocycles. The van der Waals surface area contributed by atoms with Crippen molar-refractivity contribution in [2.24, 2.45) is 5.92 Å². The van der Waals surface area contributed by atoms with Gasteiger partial charge in [-0.05, 0) is 37.0 Å². The molecule has 1 unspecified atom stereocenters. The zero-order valence-electron chi connectivity index (χ0n) is 14.3. The summed E-state index contributed by atoms with van der Waals surface area (Å²) in [6.45, 7) is 1.77. The highest BCUT2D eigenvalue weighted by Gasteiger charge is 2.46. The van der Waals surface area contributed by atoms with Gasteiger partial charge in [0.1, 0.15) is 5.65 Å². The van der Waals surface area contributed by atoms with E-state index in [0.717, 1.165) is 16.9 Å². The summed E-state index contributed by atoms with van der Waals surface area (Å²) in [4.78, 5) is 17.3. The van der Waals surface area contributed by atoms with E-state index in [0.29, 0.717) is 17.7 Å². The van der Waals surface area contributed by atoms with Crippen LogP contribution in [0.1, 0.15) is 35.9 Å². The highest BCUT2D eigenvalue weighted by Crippen LogP contribution is 2.37. The molecule has 0 spiro atoms. The molecule has 1 aliphatic rings. The van der Waals surface area contributed by atoms with Crippen molar-refractivity contribution in [1.29, 1.82) is 0 Å². The summed E-state index contributed by atoms with van der Waals surface area (Å²) in [7, 11) is 0. The van der Waals surface area contributed by atoms with Gasteiger partial charge in [-0.2, -0.15) is 0 Å². The molecule has 1 amide bonds. The predicted octanol–water partition coefficient (Wildman–Crippen LogP) is 4.62. The second-order valence-corrected chi connectivity index (χ2v) is 7.76. The van der Waals surface area contributed by atoms with E-state index >= 15 is 0 Å². The number of hydrogen-bond acceptors (Lipinski definition) is 3. The molecular weight excluding hydrogens is 356 g/mol. The number of nitrogens with zero attached hydrogens (tertiary/aromatic N) is 2. The van der Waals surface area contributed by atoms with Gasteiger partial charge in [-0.15, -0.1) is 11.3 Å². The number of aromatic nitrogens is 2. The summed E-state index contributed by atoms with van der Waals surface area (Å²) in [5.74, 6) is -3.52. The number of rotatable bonds is 3. The molecule has 26 heavy (non-hydrogen) atoms. The quantitative estimate of drug-likeness (QED) is 0.726. The number of pyridine rings is 1. The molecule has 0 radical (unpaired) electrons. The van der Waals surface area contributed by atoms with Crippen molar-refractivity contribution in [3.8, 4) is 11.3 Å². The van der Waals surface area contributed by atoms with E-state index < -0.39 is 17.9 Å². The number of alkyl halides is 2. The fourth-order valence-electron chi connectivity index (χ4n) is 3.59. The topological polar surface area (TPSA) is 46.4 Å². The summed E-state index contributed by atoms with van der Waals surface area (Å²) in [6, 6.07) is 6.34. The Morgan fingerprint density at radius 2 is 2.27 bits per heavy atom. The second kappa shape index (κ2) is 6.46. The molecule has 0 bridgehead atoms. The fourth-order valence-corrected chi connectivity index (χ4v) is 4.40. The molecule has 0 saturated heterocycles. The Labute approximate surface area is 153 Å². The minimum atomic E-state index is -2.85. The molecule has 0 aliphatic heterocycles. The molecule has 4 nitrogen and oxygen atoms in total. The van der Waals surface area contributed by atoms with Crippen molar-refractivity contribution in [2.75, 3.05) is 0 Å². The molecule has 3 aromatic rings. The van der Waals surface area contributed by atoms with Gasteiger partial charge in [0.05, 0.1) is 22.8 Å². The Morgan fingerprint density at radius 1 is 1.42 bits per heavy atom. The minimum absolute atomic E-state index is 0.167. The Morgan fingerprint density at radius 3 is 3.08 bits per heavy atom. The van der Waals surface area contributed by atoms with Crippen LogP contribution < -0.4 is 5.32 Å². The van der Waals surface area contributed by atoms with Crippen molar-refractivity contribution < 1.29 is 13.6 Å². The van der Waals surface area contributed by atoms with Gasteiger partial charge in [-0.3, -0.25) is 9.20 Å². The molecule has 1 fully saturated rings. The molecule has 1 N–H and O–H groups in total. The normalized spacial score (nSPS) is 22.4. The van der Waals surface area contributed by atoms with E-state index in [4.69, 9.17) is 0 Å². The van der Waals surface area contributed by atoms with Crippen LogP contribution >= 0.6 is 11.3 Å². The van der Waals surface area contributed by atoms with E-state index in [2.05, 4.69) is 10.3 Å². The molecule has 2 atom stereocenters. The first-order valence-electron chi connectivity index (χ1n) is 8.65. The number of fused-ring (bicyclic) bond motifs is 1. The van der Waals surface area contributed by atoms with Crippen LogP contribution in [0.3, 0.4) is 0 Å². The van der Waals surface area contributed by atoms with Gasteiger partial charge in [-0.25, -0.2) is 13.8 Å². The molecule has 3 heterocycles. The summed E-state index contributed by atoms with van der Waals surface area (Å²) in [5.41, 5.74) is 2.53. The molecule has 4 rings (SSSR count). The van der Waals surface area contributed by atoms with E-state index in [1.165, 1.54) is 11.3 Å². The van der Waals surface area contributed by atoms with Crippen molar-refractivity contribution >= 4 is 22.9 Å². The monoisotopic (exact) mass is 375 g/mol. The highest BCUT2D eigenvalue weighted by molar-refractivity contribution is 7.12. The molecule has 7 heteroatoms. The number of thiophene rings is 1. The first-order chi connectivity index (χ1) is 12.5. The van der Waals surface area contributed by atoms with E-state index in [1.54, 1.807) is 19.2 Å². The van der Waals surface area contributed by atoms with Crippen molar-refractivity contribution in [1.82, 2.24) is 14.7 Å². The summed E-state index contributed by atoms with van der Waals surface area (Å²) >= 11 is 1.26. The summed E-state index contributed by atoms with van der Waals surface area (Å²) < 4.78 is 30.3. The lowest BCUT2D eigenvalue weighted by molar-refractivity contribution is -0.0784. The number of carbonyl (C=O) groups excluding carboxylic acids is 1. The average molecular weight is 375 g/mol. The second-order valence-electron chi connectivity index (χ2n) is 6.85. The average Bonchev–Trinajstić information content (AvgIpc) is 3.24. The van der Waals surface area contributed by atoms with Gasteiger partial charge >= 0.3 is 0 Å². The van der Waals surface area contributed by atoms with Crippen LogP contribution in [0.25, 0.3) is 16.9 Å². The lowest BCUT2D eigenvalue weighted by atomic mass is 9.83. The number of nitrogens with one attached hydrogen (secondary N) is 1. The minimum Gasteiger partial charge on any atom is -0.342 e. The molecular formula is C19H19F2N3OS. The van der Waals surface area contributed by atoms with Gasteiger partial charge < -0.3 is 5.32 Å². The maximum atomic E-state index is 14.2. The Bertz CT molecular complexity index is 949. The first-order valence-corrected chi connectivity index (χ1v) is 9.53. The molecule has 136 valence electrons. The highest BCUT2D eigenvalue weighted by atomic mass is 32.1. The third-order valence-electron chi connectivity index (χ3n) is 5.02. The maximum absolute atomic E-state index is 14.2. The number of carbonyl (C=O) groups is 1. The summed E-state index contributed by atoms with van der Waals surface area (Å²) in [5, 5.41) is 4.43. The van der Waals surface area contributed by atoms with Gasteiger partial charge in [0.15, 0.2) is 0 Å². The smallest absolute Gasteiger partial charge is 0.268 e. The number of imidazole rings is 1. The van der Waals surface area contributed by atoms with Crippen molar-refractivity contribution in [3.63, 3.8) is 0 Å². The van der Waals surface area contributed by atoms with Crippen LogP contribution in [0.15, 0.2) is 42.0 Å². The van der Waals surface area contributed by atoms with Gasteiger partial charge in [0.25, 0.3) is 11.8 Å². The third kappa shape index (κ3) is 3.00. The first kappa shape index (κ1) is 17.1. The standard InChI is InChI=1S/C19H19F2N3OS/c1-12-5-4-7-19(20,21)17(12)23-18(25)15-9-13(11-26-15)14-10-22-16-6-2-3-8-24(14)16/h2-3,6,8-12,17H,4-5,7H2,1H3,(H,23,25)/t12-,17?/m0/s1. The Balaban J connectivity index is 1.57. The van der Waals surface area contributed by atoms with Crippen molar-refractivity contribution in [2.45, 2.75) is 38.2 Å². The van der Waals surface area contributed by atoms with Gasteiger partial charge in [0, 0.05) is 23.6 Å². The van der Waals surface area contributed by atoms with E-state index in [9.17, 15) is 13.6 Å². The molecule has 3 aromatic heterocycles. The third-order valence-corrected chi connectivity index (χ3v) is 5.95. The van der Waals surface area contributed by atoms with E-state index in [1.807, 2.05) is 34.2 Å². The number of amides is 1. The van der Waals surface area contributed by atoms with Crippen LogP contribution in [0.4, 0.5) is 8.78 Å². The van der Waals surface area contributed by atoms with Crippen molar-refractivity contribution in [3.05, 3.63) is 46.9 Å². The zero-order chi connectivity index (χ0) is 18.3. The van der Waals surface area contributed by atoms with Crippen LogP contribution in [-0.2, 0) is 0 Å².